The van der Waals surface area contributed by atoms with Gasteiger partial charge in [-0.25, -0.2) is 12.8 Å². The van der Waals surface area contributed by atoms with Gasteiger partial charge >= 0.3 is 0 Å². The number of benzene rings is 2. The van der Waals surface area contributed by atoms with Crippen molar-refractivity contribution in [3.63, 3.8) is 0 Å². The summed E-state index contributed by atoms with van der Waals surface area (Å²) in [6, 6.07) is 13.0. The molecule has 2 aromatic carbocycles. The van der Waals surface area contributed by atoms with Gasteiger partial charge < -0.3 is 5.32 Å². The number of carbonyl (C=O) groups is 1. The van der Waals surface area contributed by atoms with Crippen molar-refractivity contribution in [1.29, 1.82) is 0 Å². The van der Waals surface area contributed by atoms with Crippen LogP contribution in [0.4, 0.5) is 4.39 Å². The number of carbonyl (C=O) groups excluding carboxylic acids is 1. The Morgan fingerprint density at radius 2 is 1.66 bits per heavy atom. The predicted octanol–water partition coefficient (Wildman–Crippen LogP) is 2.60. The summed E-state index contributed by atoms with van der Waals surface area (Å²) in [6.07, 6.45) is 0. The van der Waals surface area contributed by atoms with Gasteiger partial charge in [0.2, 0.25) is 15.9 Å². The molecule has 0 atom stereocenters. The Labute approximate surface area is 172 Å². The molecule has 0 radical (unpaired) electrons. The number of amides is 1. The van der Waals surface area contributed by atoms with Crippen molar-refractivity contribution in [2.24, 2.45) is 0 Å². The van der Waals surface area contributed by atoms with Crippen LogP contribution in [0, 0.1) is 5.82 Å². The minimum Gasteiger partial charge on any atom is -0.351 e. The van der Waals surface area contributed by atoms with Gasteiger partial charge in [0.15, 0.2) is 0 Å². The summed E-state index contributed by atoms with van der Waals surface area (Å²) in [6.45, 7) is 5.18. The summed E-state index contributed by atoms with van der Waals surface area (Å²) >= 11 is 0. The molecular weight excluding hydrogens is 393 g/mol. The second kappa shape index (κ2) is 10.5. The maximum atomic E-state index is 13.7. The zero-order chi connectivity index (χ0) is 21.4. The molecule has 6 nitrogen and oxygen atoms in total. The van der Waals surface area contributed by atoms with Crippen molar-refractivity contribution >= 4 is 15.9 Å². The van der Waals surface area contributed by atoms with Crippen LogP contribution in [0.3, 0.4) is 0 Å². The first kappa shape index (κ1) is 23.0. The van der Waals surface area contributed by atoms with Crippen LogP contribution >= 0.6 is 0 Å². The molecule has 0 saturated heterocycles. The molecule has 0 aromatic heterocycles. The second-order valence-electron chi connectivity index (χ2n) is 6.77. The molecule has 158 valence electrons. The van der Waals surface area contributed by atoms with E-state index in [2.05, 4.69) is 5.32 Å². The summed E-state index contributed by atoms with van der Waals surface area (Å²) in [4.78, 5) is 14.1. The van der Waals surface area contributed by atoms with Crippen LogP contribution in [0.1, 0.15) is 25.0 Å². The lowest BCUT2D eigenvalue weighted by Crippen LogP contribution is -2.34. The van der Waals surface area contributed by atoms with Crippen LogP contribution in [0.2, 0.25) is 0 Å². The molecular formula is C21H28FN3O3S. The van der Waals surface area contributed by atoms with Crippen LogP contribution in [0.5, 0.6) is 0 Å². The highest BCUT2D eigenvalue weighted by Crippen LogP contribution is 2.16. The Morgan fingerprint density at radius 3 is 2.24 bits per heavy atom. The Bertz CT molecular complexity index is 913. The van der Waals surface area contributed by atoms with Gasteiger partial charge in [0.05, 0.1) is 11.4 Å². The Morgan fingerprint density at radius 1 is 1.03 bits per heavy atom. The molecule has 0 fully saturated rings. The van der Waals surface area contributed by atoms with E-state index in [1.807, 2.05) is 0 Å². The summed E-state index contributed by atoms with van der Waals surface area (Å²) in [5.41, 5.74) is 1.33. The maximum absolute atomic E-state index is 13.7. The third-order valence-electron chi connectivity index (χ3n) is 4.57. The number of rotatable bonds is 10. The van der Waals surface area contributed by atoms with E-state index in [9.17, 15) is 17.6 Å². The minimum absolute atomic E-state index is 0.128. The smallest absolute Gasteiger partial charge is 0.243 e. The average molecular weight is 422 g/mol. The molecule has 0 aliphatic heterocycles. The largest absolute Gasteiger partial charge is 0.351 e. The van der Waals surface area contributed by atoms with Gasteiger partial charge in [-0.2, -0.15) is 4.31 Å². The van der Waals surface area contributed by atoms with Crippen LogP contribution in [0.25, 0.3) is 0 Å². The molecule has 2 rings (SSSR count). The van der Waals surface area contributed by atoms with Gasteiger partial charge in [-0.15, -0.1) is 0 Å². The standard InChI is InChI=1S/C21H28FN3O3S/c1-4-25(5-2)29(27,28)19-12-10-17(11-13-19)14-23-21(26)16-24(3)15-18-8-6-7-9-20(18)22/h6-13H,4-5,14-16H2,1-3H3,(H,23,26). The van der Waals surface area contributed by atoms with E-state index in [4.69, 9.17) is 0 Å². The number of nitrogens with zero attached hydrogens (tertiary/aromatic N) is 2. The van der Waals surface area contributed by atoms with E-state index in [0.29, 0.717) is 25.2 Å². The highest BCUT2D eigenvalue weighted by atomic mass is 32.2. The van der Waals surface area contributed by atoms with E-state index in [0.717, 1.165) is 5.56 Å². The third kappa shape index (κ3) is 6.35. The minimum atomic E-state index is -3.49. The summed E-state index contributed by atoms with van der Waals surface area (Å²) in [5.74, 6) is -0.483. The summed E-state index contributed by atoms with van der Waals surface area (Å²) in [7, 11) is -1.74. The molecule has 2 aromatic rings. The molecule has 0 bridgehead atoms. The fourth-order valence-electron chi connectivity index (χ4n) is 2.97. The van der Waals surface area contributed by atoms with Crippen molar-refractivity contribution < 1.29 is 17.6 Å². The molecule has 0 aliphatic rings. The number of hydrogen-bond donors (Lipinski definition) is 1. The van der Waals surface area contributed by atoms with Crippen LogP contribution < -0.4 is 5.32 Å². The molecule has 1 amide bonds. The highest BCUT2D eigenvalue weighted by molar-refractivity contribution is 7.89. The molecule has 0 spiro atoms. The lowest BCUT2D eigenvalue weighted by Gasteiger charge is -2.18. The molecule has 0 aliphatic carbocycles. The molecule has 8 heteroatoms. The van der Waals surface area contributed by atoms with Gasteiger partial charge in [0.1, 0.15) is 5.82 Å². The molecule has 0 saturated carbocycles. The van der Waals surface area contributed by atoms with Crippen molar-refractivity contribution in [3.8, 4) is 0 Å². The van der Waals surface area contributed by atoms with Crippen molar-refractivity contribution in [1.82, 2.24) is 14.5 Å². The van der Waals surface area contributed by atoms with Crippen molar-refractivity contribution in [3.05, 3.63) is 65.5 Å². The van der Waals surface area contributed by atoms with Gasteiger partial charge in [-0.05, 0) is 30.8 Å². The van der Waals surface area contributed by atoms with Crippen molar-refractivity contribution in [2.45, 2.75) is 31.8 Å². The van der Waals surface area contributed by atoms with Crippen LogP contribution in [0.15, 0.2) is 53.4 Å². The zero-order valence-electron chi connectivity index (χ0n) is 17.1. The molecule has 1 N–H and O–H groups in total. The maximum Gasteiger partial charge on any atom is 0.243 e. The lowest BCUT2D eigenvalue weighted by atomic mass is 10.2. The first-order valence-electron chi connectivity index (χ1n) is 9.55. The lowest BCUT2D eigenvalue weighted by molar-refractivity contribution is -0.122. The molecule has 29 heavy (non-hydrogen) atoms. The first-order chi connectivity index (χ1) is 13.8. The fraction of sp³-hybridized carbons (Fsp3) is 0.381. The van der Waals surface area contributed by atoms with Crippen LogP contribution in [-0.2, 0) is 27.9 Å². The van der Waals surface area contributed by atoms with E-state index < -0.39 is 10.0 Å². The zero-order valence-corrected chi connectivity index (χ0v) is 17.9. The summed E-state index contributed by atoms with van der Waals surface area (Å²) < 4.78 is 40.1. The Kier molecular flexibility index (Phi) is 8.31. The number of nitrogens with one attached hydrogen (secondary N) is 1. The predicted molar refractivity (Wildman–Crippen MR) is 111 cm³/mol. The van der Waals surface area contributed by atoms with E-state index >= 15 is 0 Å². The highest BCUT2D eigenvalue weighted by Gasteiger charge is 2.21. The van der Waals surface area contributed by atoms with E-state index in [-0.39, 0.29) is 29.7 Å². The normalized spacial score (nSPS) is 11.8. The Balaban J connectivity index is 1.88. The number of hydrogen-bond acceptors (Lipinski definition) is 4. The monoisotopic (exact) mass is 421 g/mol. The first-order valence-corrected chi connectivity index (χ1v) is 11.0. The van der Waals surface area contributed by atoms with Gasteiger partial charge in [-0.1, -0.05) is 44.2 Å². The third-order valence-corrected chi connectivity index (χ3v) is 6.63. The van der Waals surface area contributed by atoms with E-state index in [1.54, 1.807) is 68.3 Å². The average Bonchev–Trinajstić information content (AvgIpc) is 2.69. The summed E-state index contributed by atoms with van der Waals surface area (Å²) in [5, 5.41) is 2.80. The molecule has 0 unspecified atom stereocenters. The van der Waals surface area contributed by atoms with Crippen LogP contribution in [-0.4, -0.2) is 50.2 Å². The topological polar surface area (TPSA) is 69.7 Å². The van der Waals surface area contributed by atoms with Gasteiger partial charge in [0, 0.05) is 31.7 Å². The number of sulfonamides is 1. The molecule has 0 heterocycles. The fourth-order valence-corrected chi connectivity index (χ4v) is 4.42. The Hall–Kier alpha value is -2.29. The van der Waals surface area contributed by atoms with Gasteiger partial charge in [0.25, 0.3) is 0 Å². The van der Waals surface area contributed by atoms with E-state index in [1.165, 1.54) is 10.4 Å². The second-order valence-corrected chi connectivity index (χ2v) is 8.71. The number of halogens is 1. The number of likely N-dealkylation sites (N-methyl/N-ethyl adjacent to an activating group) is 1. The SMILES string of the molecule is CCN(CC)S(=O)(=O)c1ccc(CNC(=O)CN(C)Cc2ccccc2F)cc1. The van der Waals surface area contributed by atoms with Crippen molar-refractivity contribution in [2.75, 3.05) is 26.7 Å². The quantitative estimate of drug-likeness (QED) is 0.640. The van der Waals surface area contributed by atoms with Gasteiger partial charge in [-0.3, -0.25) is 9.69 Å².